The first-order valence-electron chi connectivity index (χ1n) is 12.4. The number of hydrogen-bond acceptors (Lipinski definition) is 5. The molecule has 0 aromatic heterocycles. The van der Waals surface area contributed by atoms with Gasteiger partial charge in [-0.2, -0.15) is 0 Å². The second-order valence-electron chi connectivity index (χ2n) is 12.1. The number of nitrogens with one attached hydrogen (secondary N) is 2. The molecule has 0 bridgehead atoms. The summed E-state index contributed by atoms with van der Waals surface area (Å²) in [5.41, 5.74) is 5.96. The van der Waals surface area contributed by atoms with Crippen LogP contribution in [0, 0.1) is 10.8 Å². The summed E-state index contributed by atoms with van der Waals surface area (Å²) in [6.07, 6.45) is 1.07. The van der Waals surface area contributed by atoms with Gasteiger partial charge in [-0.1, -0.05) is 53.7 Å². The number of carbonyl (C=O) groups is 4. The van der Waals surface area contributed by atoms with Gasteiger partial charge in [0.05, 0.1) is 7.11 Å². The fourth-order valence-corrected chi connectivity index (χ4v) is 4.27. The third-order valence-corrected chi connectivity index (χ3v) is 5.92. The highest BCUT2D eigenvalue weighted by Crippen LogP contribution is 2.26. The second-order valence-corrected chi connectivity index (χ2v) is 12.1. The Morgan fingerprint density at radius 2 is 1.61 bits per heavy atom. The number of primary amides is 1. The van der Waals surface area contributed by atoms with Crippen molar-refractivity contribution in [2.75, 3.05) is 13.7 Å². The second kappa shape index (κ2) is 11.8. The van der Waals surface area contributed by atoms with Gasteiger partial charge in [0.25, 0.3) is 0 Å². The van der Waals surface area contributed by atoms with E-state index in [1.807, 2.05) is 41.5 Å². The number of rotatable bonds is 9. The zero-order chi connectivity index (χ0) is 27.3. The lowest BCUT2D eigenvalue weighted by molar-refractivity contribution is -0.140. The number of hydrogen-bond donors (Lipinski definition) is 3. The molecule has 0 saturated carbocycles. The normalized spacial score (nSPS) is 18.9. The van der Waals surface area contributed by atoms with E-state index in [2.05, 4.69) is 10.6 Å². The fourth-order valence-electron chi connectivity index (χ4n) is 4.27. The van der Waals surface area contributed by atoms with Crippen molar-refractivity contribution in [3.8, 4) is 5.75 Å². The van der Waals surface area contributed by atoms with Crippen molar-refractivity contribution in [1.29, 1.82) is 0 Å². The van der Waals surface area contributed by atoms with Crippen molar-refractivity contribution in [2.24, 2.45) is 16.6 Å². The van der Waals surface area contributed by atoms with Crippen LogP contribution < -0.4 is 21.1 Å². The molecule has 4 N–H and O–H groups in total. The Labute approximate surface area is 214 Å². The average molecular weight is 503 g/mol. The minimum atomic E-state index is -0.944. The van der Waals surface area contributed by atoms with Gasteiger partial charge >= 0.3 is 0 Å². The number of benzene rings is 1. The summed E-state index contributed by atoms with van der Waals surface area (Å²) < 4.78 is 5.16. The molecular weight excluding hydrogens is 460 g/mol. The summed E-state index contributed by atoms with van der Waals surface area (Å²) in [5, 5.41) is 5.72. The van der Waals surface area contributed by atoms with Crippen LogP contribution in [0.5, 0.6) is 5.75 Å². The maximum atomic E-state index is 13.3. The first-order chi connectivity index (χ1) is 16.6. The zero-order valence-electron chi connectivity index (χ0n) is 22.6. The van der Waals surface area contributed by atoms with E-state index in [4.69, 9.17) is 10.5 Å². The third-order valence-electron chi connectivity index (χ3n) is 5.92. The molecule has 0 aliphatic carbocycles. The van der Waals surface area contributed by atoms with Gasteiger partial charge in [0, 0.05) is 31.8 Å². The van der Waals surface area contributed by atoms with Crippen LogP contribution in [0.1, 0.15) is 66.4 Å². The van der Waals surface area contributed by atoms with Crippen molar-refractivity contribution in [1.82, 2.24) is 15.5 Å². The Kier molecular flexibility index (Phi) is 9.51. The Hall–Kier alpha value is -3.10. The molecule has 9 heteroatoms. The molecule has 1 aromatic rings. The monoisotopic (exact) mass is 502 g/mol. The summed E-state index contributed by atoms with van der Waals surface area (Å²) in [7, 11) is 1.56. The number of carbonyl (C=O) groups excluding carboxylic acids is 4. The number of nitrogens with two attached hydrogens (primary N) is 1. The quantitative estimate of drug-likeness (QED) is 0.476. The molecule has 1 aromatic carbocycles. The maximum absolute atomic E-state index is 13.3. The van der Waals surface area contributed by atoms with Crippen LogP contribution in [0.15, 0.2) is 24.3 Å². The SMILES string of the molecule is COc1ccc(C[C@H](NC(=O)[C@@H]2C[C@H](NC(=O)CC(C)(C)C)CN2C(=O)CC(C)(C)C)C(N)=O)cc1. The molecule has 2 rings (SSSR count). The molecule has 3 atom stereocenters. The lowest BCUT2D eigenvalue weighted by Crippen LogP contribution is -2.53. The van der Waals surface area contributed by atoms with E-state index in [1.165, 1.54) is 4.90 Å². The number of ether oxygens (including phenoxy) is 1. The standard InChI is InChI=1S/C27H42N4O5/c1-26(2,3)14-22(32)29-18-13-21(31(16-18)23(33)15-27(4,5)6)25(35)30-20(24(28)34)12-17-8-10-19(36-7)11-9-17/h8-11,18,20-21H,12-16H2,1-7H3,(H2,28,34)(H,29,32)(H,30,35)/t18-,20-,21-/m0/s1. The molecule has 1 saturated heterocycles. The van der Waals surface area contributed by atoms with Crippen molar-refractivity contribution in [3.05, 3.63) is 29.8 Å². The molecular formula is C27H42N4O5. The molecule has 4 amide bonds. The molecule has 36 heavy (non-hydrogen) atoms. The van der Waals surface area contributed by atoms with Crippen molar-refractivity contribution >= 4 is 23.6 Å². The van der Waals surface area contributed by atoms with Crippen LogP contribution >= 0.6 is 0 Å². The van der Waals surface area contributed by atoms with Crippen molar-refractivity contribution in [2.45, 2.75) is 85.4 Å². The molecule has 1 aliphatic rings. The van der Waals surface area contributed by atoms with E-state index in [0.717, 1.165) is 5.56 Å². The smallest absolute Gasteiger partial charge is 0.243 e. The Morgan fingerprint density at radius 3 is 2.11 bits per heavy atom. The third kappa shape index (κ3) is 9.17. The largest absolute Gasteiger partial charge is 0.497 e. The molecule has 0 spiro atoms. The van der Waals surface area contributed by atoms with Crippen LogP contribution in [-0.4, -0.2) is 60.3 Å². The fraction of sp³-hybridized carbons (Fsp3) is 0.630. The Morgan fingerprint density at radius 1 is 1.03 bits per heavy atom. The first kappa shape index (κ1) is 29.1. The average Bonchev–Trinajstić information content (AvgIpc) is 3.15. The molecule has 9 nitrogen and oxygen atoms in total. The molecule has 0 radical (unpaired) electrons. The van der Waals surface area contributed by atoms with E-state index >= 15 is 0 Å². The first-order valence-corrected chi connectivity index (χ1v) is 12.4. The number of likely N-dealkylation sites (tertiary alicyclic amines) is 1. The van der Waals surface area contributed by atoms with E-state index in [1.54, 1.807) is 31.4 Å². The molecule has 1 heterocycles. The van der Waals surface area contributed by atoms with Crippen LogP contribution in [0.4, 0.5) is 0 Å². The van der Waals surface area contributed by atoms with E-state index in [-0.39, 0.29) is 54.5 Å². The zero-order valence-corrected chi connectivity index (χ0v) is 22.6. The Balaban J connectivity index is 2.17. The molecule has 0 unspecified atom stereocenters. The van der Waals surface area contributed by atoms with Crippen LogP contribution in [-0.2, 0) is 25.6 Å². The predicted molar refractivity (Wildman–Crippen MR) is 138 cm³/mol. The van der Waals surface area contributed by atoms with Gasteiger partial charge in [0.2, 0.25) is 23.6 Å². The summed E-state index contributed by atoms with van der Waals surface area (Å²) in [6, 6.07) is 5.03. The molecule has 1 aliphatic heterocycles. The predicted octanol–water partition coefficient (Wildman–Crippen LogP) is 2.17. The van der Waals surface area contributed by atoms with E-state index in [0.29, 0.717) is 12.2 Å². The molecule has 200 valence electrons. The summed E-state index contributed by atoms with van der Waals surface area (Å²) in [4.78, 5) is 52.7. The summed E-state index contributed by atoms with van der Waals surface area (Å²) >= 11 is 0. The summed E-state index contributed by atoms with van der Waals surface area (Å²) in [5.74, 6) is -0.730. The van der Waals surface area contributed by atoms with Gasteiger partial charge in [-0.05, 0) is 34.9 Å². The van der Waals surface area contributed by atoms with Crippen LogP contribution in [0.3, 0.4) is 0 Å². The number of amides is 4. The maximum Gasteiger partial charge on any atom is 0.243 e. The van der Waals surface area contributed by atoms with Gasteiger partial charge in [0.1, 0.15) is 17.8 Å². The highest BCUT2D eigenvalue weighted by molar-refractivity contribution is 5.92. The Bertz CT molecular complexity index is 946. The lowest BCUT2D eigenvalue weighted by atomic mass is 9.91. The van der Waals surface area contributed by atoms with E-state index < -0.39 is 23.9 Å². The van der Waals surface area contributed by atoms with E-state index in [9.17, 15) is 19.2 Å². The highest BCUT2D eigenvalue weighted by atomic mass is 16.5. The topological polar surface area (TPSA) is 131 Å². The van der Waals surface area contributed by atoms with Crippen molar-refractivity contribution < 1.29 is 23.9 Å². The van der Waals surface area contributed by atoms with Gasteiger partial charge in [-0.15, -0.1) is 0 Å². The lowest BCUT2D eigenvalue weighted by Gasteiger charge is -2.28. The number of methoxy groups -OCH3 is 1. The van der Waals surface area contributed by atoms with Gasteiger partial charge in [-0.3, -0.25) is 19.2 Å². The molecule has 1 fully saturated rings. The van der Waals surface area contributed by atoms with Crippen LogP contribution in [0.25, 0.3) is 0 Å². The van der Waals surface area contributed by atoms with Gasteiger partial charge in [-0.25, -0.2) is 0 Å². The highest BCUT2D eigenvalue weighted by Gasteiger charge is 2.41. The van der Waals surface area contributed by atoms with Crippen LogP contribution in [0.2, 0.25) is 0 Å². The van der Waals surface area contributed by atoms with Gasteiger partial charge < -0.3 is 26.0 Å². The minimum absolute atomic E-state index is 0.119. The number of nitrogens with zero attached hydrogens (tertiary/aromatic N) is 1. The van der Waals surface area contributed by atoms with Crippen molar-refractivity contribution in [3.63, 3.8) is 0 Å². The minimum Gasteiger partial charge on any atom is -0.497 e. The van der Waals surface area contributed by atoms with Gasteiger partial charge in [0.15, 0.2) is 0 Å². The summed E-state index contributed by atoms with van der Waals surface area (Å²) in [6.45, 7) is 12.0.